The van der Waals surface area contributed by atoms with Crippen molar-refractivity contribution in [3.05, 3.63) is 18.2 Å². The maximum absolute atomic E-state index is 11.2. The lowest BCUT2D eigenvalue weighted by Crippen LogP contribution is -2.24. The molecule has 0 aliphatic rings. The minimum absolute atomic E-state index is 0.211. The van der Waals surface area contributed by atoms with Crippen molar-refractivity contribution < 1.29 is 9.59 Å². The minimum Gasteiger partial charge on any atom is -0.370 e. The molecule has 1 rings (SSSR count). The number of imidazole rings is 1. The summed E-state index contributed by atoms with van der Waals surface area (Å²) in [6, 6.07) is 0. The van der Waals surface area contributed by atoms with Gasteiger partial charge in [-0.3, -0.25) is 9.59 Å². The first-order chi connectivity index (χ1) is 8.09. The van der Waals surface area contributed by atoms with Crippen molar-refractivity contribution in [1.29, 1.82) is 0 Å². The Morgan fingerprint density at radius 3 is 2.65 bits per heavy atom. The predicted octanol–water partition coefficient (Wildman–Crippen LogP) is 0.0994. The van der Waals surface area contributed by atoms with E-state index in [4.69, 9.17) is 11.5 Å². The first-order valence-electron chi connectivity index (χ1n) is 5.64. The lowest BCUT2D eigenvalue weighted by atomic mass is 9.95. The lowest BCUT2D eigenvalue weighted by Gasteiger charge is -2.11. The smallest absolute Gasteiger partial charge is 0.220 e. The average Bonchev–Trinajstić information content (AvgIpc) is 2.74. The monoisotopic (exact) mass is 238 g/mol. The van der Waals surface area contributed by atoms with Crippen molar-refractivity contribution in [1.82, 2.24) is 9.97 Å². The number of nitrogens with zero attached hydrogens (tertiary/aromatic N) is 1. The van der Waals surface area contributed by atoms with Gasteiger partial charge in [-0.05, 0) is 25.7 Å². The van der Waals surface area contributed by atoms with Crippen LogP contribution in [0.5, 0.6) is 0 Å². The highest BCUT2D eigenvalue weighted by Crippen LogP contribution is 2.15. The molecule has 1 atom stereocenters. The lowest BCUT2D eigenvalue weighted by molar-refractivity contribution is -0.123. The average molecular weight is 238 g/mol. The first-order valence-corrected chi connectivity index (χ1v) is 5.64. The second-order valence-corrected chi connectivity index (χ2v) is 4.07. The number of aromatic nitrogens is 2. The van der Waals surface area contributed by atoms with E-state index in [1.807, 2.05) is 0 Å². The third-order valence-corrected chi connectivity index (χ3v) is 2.70. The summed E-state index contributed by atoms with van der Waals surface area (Å²) in [6.45, 7) is 0. The van der Waals surface area contributed by atoms with Crippen molar-refractivity contribution in [2.24, 2.45) is 17.4 Å². The molecule has 1 aromatic rings. The second-order valence-electron chi connectivity index (χ2n) is 4.07. The maximum Gasteiger partial charge on any atom is 0.220 e. The number of amides is 2. The molecule has 1 heterocycles. The summed E-state index contributed by atoms with van der Waals surface area (Å²) in [5, 5.41) is 0. The maximum atomic E-state index is 11.2. The van der Waals surface area contributed by atoms with Crippen molar-refractivity contribution in [3.63, 3.8) is 0 Å². The number of rotatable bonds is 8. The number of hydrogen-bond donors (Lipinski definition) is 3. The third-order valence-electron chi connectivity index (χ3n) is 2.70. The summed E-state index contributed by atoms with van der Waals surface area (Å²) in [6.07, 6.45) is 6.22. The summed E-state index contributed by atoms with van der Waals surface area (Å²) in [4.78, 5) is 28.7. The molecule has 0 fully saturated rings. The highest BCUT2D eigenvalue weighted by atomic mass is 16.1. The molecule has 6 nitrogen and oxygen atoms in total. The van der Waals surface area contributed by atoms with Crippen molar-refractivity contribution in [2.45, 2.75) is 32.1 Å². The van der Waals surface area contributed by atoms with Crippen LogP contribution in [-0.2, 0) is 16.0 Å². The van der Waals surface area contributed by atoms with Crippen LogP contribution in [0.3, 0.4) is 0 Å². The molecule has 0 aliphatic heterocycles. The molecule has 0 saturated heterocycles. The molecule has 0 bridgehead atoms. The van der Waals surface area contributed by atoms with Crippen LogP contribution in [0, 0.1) is 5.92 Å². The van der Waals surface area contributed by atoms with E-state index in [2.05, 4.69) is 9.97 Å². The van der Waals surface area contributed by atoms with Gasteiger partial charge in [0.15, 0.2) is 0 Å². The SMILES string of the molecule is NC(=O)CCCC(CCc1cnc[nH]1)C(N)=O. The summed E-state index contributed by atoms with van der Waals surface area (Å²) in [7, 11) is 0. The molecule has 0 saturated carbocycles. The Morgan fingerprint density at radius 2 is 2.12 bits per heavy atom. The van der Waals surface area contributed by atoms with Gasteiger partial charge in [0.1, 0.15) is 0 Å². The fourth-order valence-electron chi connectivity index (χ4n) is 1.70. The third kappa shape index (κ3) is 5.14. The molecule has 6 heteroatoms. The summed E-state index contributed by atoms with van der Waals surface area (Å²) in [5.41, 5.74) is 11.3. The Balaban J connectivity index is 2.33. The number of aryl methyl sites for hydroxylation is 1. The van der Waals surface area contributed by atoms with Crippen LogP contribution < -0.4 is 11.5 Å². The largest absolute Gasteiger partial charge is 0.370 e. The minimum atomic E-state index is -0.346. The Morgan fingerprint density at radius 1 is 1.35 bits per heavy atom. The van der Waals surface area contributed by atoms with Gasteiger partial charge in [-0.1, -0.05) is 0 Å². The number of aromatic amines is 1. The zero-order chi connectivity index (χ0) is 12.7. The number of H-pyrrole nitrogens is 1. The van der Waals surface area contributed by atoms with E-state index in [1.54, 1.807) is 12.5 Å². The van der Waals surface area contributed by atoms with Gasteiger partial charge >= 0.3 is 0 Å². The number of nitrogens with two attached hydrogens (primary N) is 2. The summed E-state index contributed by atoms with van der Waals surface area (Å²) < 4.78 is 0. The Kier molecular flexibility index (Phi) is 5.19. The number of nitrogens with one attached hydrogen (secondary N) is 1. The molecule has 94 valence electrons. The van der Waals surface area contributed by atoms with Crippen LogP contribution in [0.25, 0.3) is 0 Å². The van der Waals surface area contributed by atoms with Crippen LogP contribution in [0.2, 0.25) is 0 Å². The van der Waals surface area contributed by atoms with E-state index < -0.39 is 0 Å². The van der Waals surface area contributed by atoms with Crippen LogP contribution in [0.1, 0.15) is 31.4 Å². The molecule has 0 aromatic carbocycles. The Hall–Kier alpha value is -1.85. The second kappa shape index (κ2) is 6.67. The van der Waals surface area contributed by atoms with Crippen LogP contribution in [0.4, 0.5) is 0 Å². The van der Waals surface area contributed by atoms with E-state index in [9.17, 15) is 9.59 Å². The van der Waals surface area contributed by atoms with Gasteiger partial charge in [0.25, 0.3) is 0 Å². The van der Waals surface area contributed by atoms with Gasteiger partial charge in [-0.15, -0.1) is 0 Å². The predicted molar refractivity (Wildman–Crippen MR) is 62.6 cm³/mol. The molecule has 1 aromatic heterocycles. The number of hydrogen-bond acceptors (Lipinski definition) is 3. The zero-order valence-corrected chi connectivity index (χ0v) is 9.69. The topological polar surface area (TPSA) is 115 Å². The molecule has 0 radical (unpaired) electrons. The molecular formula is C11H18N4O2. The van der Waals surface area contributed by atoms with Crippen molar-refractivity contribution in [2.75, 3.05) is 0 Å². The zero-order valence-electron chi connectivity index (χ0n) is 9.69. The molecular weight excluding hydrogens is 220 g/mol. The fourth-order valence-corrected chi connectivity index (χ4v) is 1.70. The van der Waals surface area contributed by atoms with Crippen LogP contribution >= 0.6 is 0 Å². The van der Waals surface area contributed by atoms with Gasteiger partial charge in [0.05, 0.1) is 6.33 Å². The van der Waals surface area contributed by atoms with E-state index in [-0.39, 0.29) is 17.7 Å². The molecule has 0 aliphatic carbocycles. The molecule has 2 amide bonds. The number of carbonyl (C=O) groups excluding carboxylic acids is 2. The number of primary amides is 2. The first kappa shape index (κ1) is 13.2. The highest BCUT2D eigenvalue weighted by Gasteiger charge is 2.15. The van der Waals surface area contributed by atoms with Crippen LogP contribution in [0.15, 0.2) is 12.5 Å². The van der Waals surface area contributed by atoms with Gasteiger partial charge in [-0.25, -0.2) is 4.98 Å². The van der Waals surface area contributed by atoms with E-state index >= 15 is 0 Å². The molecule has 17 heavy (non-hydrogen) atoms. The van der Waals surface area contributed by atoms with Gasteiger partial charge in [0.2, 0.25) is 11.8 Å². The fraction of sp³-hybridized carbons (Fsp3) is 0.545. The van der Waals surface area contributed by atoms with E-state index in [0.29, 0.717) is 25.7 Å². The van der Waals surface area contributed by atoms with Gasteiger partial charge in [-0.2, -0.15) is 0 Å². The molecule has 1 unspecified atom stereocenters. The normalized spacial score (nSPS) is 12.2. The Labute approximate surface area is 99.8 Å². The summed E-state index contributed by atoms with van der Waals surface area (Å²) >= 11 is 0. The Bertz CT molecular complexity index is 362. The van der Waals surface area contributed by atoms with E-state index in [0.717, 1.165) is 12.1 Å². The van der Waals surface area contributed by atoms with Crippen LogP contribution in [-0.4, -0.2) is 21.8 Å². The van der Waals surface area contributed by atoms with Crippen molar-refractivity contribution in [3.8, 4) is 0 Å². The van der Waals surface area contributed by atoms with Gasteiger partial charge < -0.3 is 16.5 Å². The standard InChI is InChI=1S/C11H18N4O2/c12-10(16)3-1-2-8(11(13)17)4-5-9-6-14-7-15-9/h6-8H,1-5H2,(H2,12,16)(H2,13,17)(H,14,15). The molecule has 0 spiro atoms. The number of carbonyl (C=O) groups is 2. The summed E-state index contributed by atoms with van der Waals surface area (Å²) in [5.74, 6) is -0.881. The van der Waals surface area contributed by atoms with E-state index in [1.165, 1.54) is 0 Å². The van der Waals surface area contributed by atoms with Gasteiger partial charge in [0, 0.05) is 24.2 Å². The molecule has 5 N–H and O–H groups in total. The quantitative estimate of drug-likeness (QED) is 0.596. The van der Waals surface area contributed by atoms with Crippen molar-refractivity contribution >= 4 is 11.8 Å². The highest BCUT2D eigenvalue weighted by molar-refractivity contribution is 5.77.